The van der Waals surface area contributed by atoms with Crippen LogP contribution in [0.1, 0.15) is 18.4 Å². The van der Waals surface area contributed by atoms with E-state index >= 15 is 0 Å². The van der Waals surface area contributed by atoms with E-state index in [1.807, 2.05) is 0 Å². The van der Waals surface area contributed by atoms with Crippen LogP contribution in [-0.2, 0) is 14.8 Å². The minimum atomic E-state index is -3.55. The summed E-state index contributed by atoms with van der Waals surface area (Å²) < 4.78 is 26.2. The lowest BCUT2D eigenvalue weighted by molar-refractivity contribution is -0.119. The number of amides is 1. The molecule has 1 aromatic rings. The Bertz CT molecular complexity index is 730. The first-order valence-corrected chi connectivity index (χ1v) is 9.19. The fourth-order valence-corrected chi connectivity index (χ4v) is 4.09. The highest BCUT2D eigenvalue weighted by Crippen LogP contribution is 2.21. The molecule has 9 heteroatoms. The lowest BCUT2D eigenvalue weighted by Gasteiger charge is -2.08. The average molecular weight is 373 g/mol. The van der Waals surface area contributed by atoms with E-state index in [9.17, 15) is 13.2 Å². The fourth-order valence-electron chi connectivity index (χ4n) is 2.83. The zero-order chi connectivity index (χ0) is 16.3. The predicted molar refractivity (Wildman–Crippen MR) is 94.0 cm³/mol. The van der Waals surface area contributed by atoms with Gasteiger partial charge in [-0.1, -0.05) is 12.1 Å². The molecule has 1 unspecified atom stereocenters. The Morgan fingerprint density at radius 1 is 1.33 bits per heavy atom. The third-order valence-corrected chi connectivity index (χ3v) is 5.48. The molecular weight excluding hydrogens is 352 g/mol. The first-order valence-electron chi connectivity index (χ1n) is 7.70. The van der Waals surface area contributed by atoms with Crippen molar-refractivity contribution < 1.29 is 13.2 Å². The molecule has 1 aromatic carbocycles. The molecule has 1 amide bonds. The van der Waals surface area contributed by atoms with E-state index in [4.69, 9.17) is 0 Å². The third kappa shape index (κ3) is 4.25. The van der Waals surface area contributed by atoms with Crippen LogP contribution in [0.15, 0.2) is 34.2 Å². The molecule has 0 spiro atoms. The molecule has 0 aromatic heterocycles. The summed E-state index contributed by atoms with van der Waals surface area (Å²) in [7, 11) is -3.55. The highest BCUT2D eigenvalue weighted by molar-refractivity contribution is 7.90. The van der Waals surface area contributed by atoms with Gasteiger partial charge in [-0.2, -0.15) is 0 Å². The van der Waals surface area contributed by atoms with Gasteiger partial charge in [0.25, 0.3) is 10.0 Å². The molecule has 0 aliphatic carbocycles. The third-order valence-electron chi connectivity index (χ3n) is 4.08. The number of hydrogen-bond acceptors (Lipinski definition) is 5. The summed E-state index contributed by atoms with van der Waals surface area (Å²) >= 11 is 0. The summed E-state index contributed by atoms with van der Waals surface area (Å²) in [4.78, 5) is 16.2. The SMILES string of the molecule is Cl.O=C(CN=C1NS(=O)(=O)c2ccccc21)NCCC1CCNC1. The number of hydrogen-bond donors (Lipinski definition) is 3. The molecule has 132 valence electrons. The summed E-state index contributed by atoms with van der Waals surface area (Å²) in [6.45, 7) is 2.59. The van der Waals surface area contributed by atoms with Gasteiger partial charge in [0.2, 0.25) is 5.91 Å². The number of halogens is 1. The lowest BCUT2D eigenvalue weighted by Crippen LogP contribution is -2.30. The van der Waals surface area contributed by atoms with E-state index in [1.165, 1.54) is 6.07 Å². The quantitative estimate of drug-likeness (QED) is 0.690. The fraction of sp³-hybridized carbons (Fsp3) is 0.467. The monoisotopic (exact) mass is 372 g/mol. The van der Waals surface area contributed by atoms with Gasteiger partial charge >= 0.3 is 0 Å². The number of benzene rings is 1. The number of fused-ring (bicyclic) bond motifs is 1. The van der Waals surface area contributed by atoms with Crippen LogP contribution in [0.4, 0.5) is 0 Å². The van der Waals surface area contributed by atoms with Crippen LogP contribution in [0.25, 0.3) is 0 Å². The van der Waals surface area contributed by atoms with E-state index < -0.39 is 10.0 Å². The van der Waals surface area contributed by atoms with Gasteiger partial charge in [-0.15, -0.1) is 12.4 Å². The van der Waals surface area contributed by atoms with Crippen molar-refractivity contribution >= 4 is 34.2 Å². The molecule has 7 nitrogen and oxygen atoms in total. The first-order chi connectivity index (χ1) is 11.1. The Kier molecular flexibility index (Phi) is 6.20. The van der Waals surface area contributed by atoms with Gasteiger partial charge in [-0.3, -0.25) is 14.5 Å². The molecular formula is C15H21ClN4O3S. The number of nitrogens with one attached hydrogen (secondary N) is 3. The molecule has 1 saturated heterocycles. The maximum absolute atomic E-state index is 11.9. The summed E-state index contributed by atoms with van der Waals surface area (Å²) in [6, 6.07) is 6.60. The summed E-state index contributed by atoms with van der Waals surface area (Å²) in [5.74, 6) is 0.651. The Morgan fingerprint density at radius 3 is 2.88 bits per heavy atom. The van der Waals surface area contributed by atoms with Crippen molar-refractivity contribution in [1.82, 2.24) is 15.4 Å². The van der Waals surface area contributed by atoms with Crippen molar-refractivity contribution in [1.29, 1.82) is 0 Å². The minimum absolute atomic E-state index is 0. The smallest absolute Gasteiger partial charge is 0.263 e. The van der Waals surface area contributed by atoms with Gasteiger partial charge in [0.15, 0.2) is 0 Å². The molecule has 2 aliphatic rings. The van der Waals surface area contributed by atoms with E-state index in [0.29, 0.717) is 18.0 Å². The zero-order valence-corrected chi connectivity index (χ0v) is 14.8. The molecule has 0 saturated carbocycles. The van der Waals surface area contributed by atoms with E-state index in [-0.39, 0.29) is 35.6 Å². The van der Waals surface area contributed by atoms with E-state index in [1.54, 1.807) is 18.2 Å². The van der Waals surface area contributed by atoms with Gasteiger partial charge in [-0.25, -0.2) is 8.42 Å². The molecule has 24 heavy (non-hydrogen) atoms. The number of carbonyl (C=O) groups is 1. The molecule has 0 bridgehead atoms. The number of amidine groups is 1. The Hall–Kier alpha value is -1.64. The van der Waals surface area contributed by atoms with Gasteiger partial charge in [0, 0.05) is 12.1 Å². The maximum atomic E-state index is 11.9. The highest BCUT2D eigenvalue weighted by Gasteiger charge is 2.30. The second-order valence-electron chi connectivity index (χ2n) is 5.76. The van der Waals surface area contributed by atoms with Crippen LogP contribution in [0, 0.1) is 5.92 Å². The molecule has 2 heterocycles. The molecule has 3 N–H and O–H groups in total. The predicted octanol–water partition coefficient (Wildman–Crippen LogP) is 0.263. The van der Waals surface area contributed by atoms with Gasteiger partial charge < -0.3 is 10.6 Å². The van der Waals surface area contributed by atoms with Crippen molar-refractivity contribution in [3.05, 3.63) is 29.8 Å². The molecule has 0 radical (unpaired) electrons. The number of sulfonamides is 1. The highest BCUT2D eigenvalue weighted by atomic mass is 35.5. The molecule has 2 aliphatic heterocycles. The van der Waals surface area contributed by atoms with Crippen molar-refractivity contribution in [2.24, 2.45) is 10.9 Å². The second kappa shape index (κ2) is 7.96. The standard InChI is InChI=1S/C15H20N4O3S.ClH/c20-14(17-8-6-11-5-7-16-9-11)10-18-15-12-3-1-2-4-13(12)23(21,22)19-15;/h1-4,11,16H,5-10H2,(H,17,20)(H,18,19);1H. The number of carbonyl (C=O) groups excluding carboxylic acids is 1. The zero-order valence-electron chi connectivity index (χ0n) is 13.1. The van der Waals surface area contributed by atoms with E-state index in [2.05, 4.69) is 20.3 Å². The van der Waals surface area contributed by atoms with Crippen LogP contribution in [0.3, 0.4) is 0 Å². The Labute approximate surface area is 147 Å². The largest absolute Gasteiger partial charge is 0.354 e. The topological polar surface area (TPSA) is 99.7 Å². The molecule has 3 rings (SSSR count). The molecule has 1 atom stereocenters. The second-order valence-corrected chi connectivity index (χ2v) is 7.41. The number of nitrogens with zero attached hydrogens (tertiary/aromatic N) is 1. The molecule has 1 fully saturated rings. The van der Waals surface area contributed by atoms with Crippen molar-refractivity contribution in [2.75, 3.05) is 26.2 Å². The van der Waals surface area contributed by atoms with Gasteiger partial charge in [0.1, 0.15) is 12.4 Å². The van der Waals surface area contributed by atoms with Crippen LogP contribution >= 0.6 is 12.4 Å². The van der Waals surface area contributed by atoms with Crippen molar-refractivity contribution in [3.63, 3.8) is 0 Å². The van der Waals surface area contributed by atoms with Crippen molar-refractivity contribution in [2.45, 2.75) is 17.7 Å². The normalized spacial score (nSPS) is 22.5. The Balaban J connectivity index is 0.00000208. The average Bonchev–Trinajstić information content (AvgIpc) is 3.12. The van der Waals surface area contributed by atoms with Crippen LogP contribution in [-0.4, -0.2) is 46.3 Å². The van der Waals surface area contributed by atoms with Crippen LogP contribution in [0.2, 0.25) is 0 Å². The summed E-state index contributed by atoms with van der Waals surface area (Å²) in [6.07, 6.45) is 2.10. The van der Waals surface area contributed by atoms with E-state index in [0.717, 1.165) is 25.9 Å². The van der Waals surface area contributed by atoms with Gasteiger partial charge in [-0.05, 0) is 44.0 Å². The van der Waals surface area contributed by atoms with Gasteiger partial charge in [0.05, 0.1) is 4.90 Å². The summed E-state index contributed by atoms with van der Waals surface area (Å²) in [5, 5.41) is 6.12. The maximum Gasteiger partial charge on any atom is 0.263 e. The Morgan fingerprint density at radius 2 is 2.12 bits per heavy atom. The minimum Gasteiger partial charge on any atom is -0.354 e. The number of aliphatic imine (C=N–C) groups is 1. The van der Waals surface area contributed by atoms with Crippen molar-refractivity contribution in [3.8, 4) is 0 Å². The van der Waals surface area contributed by atoms with Crippen LogP contribution < -0.4 is 15.4 Å². The number of rotatable bonds is 5. The summed E-state index contributed by atoms with van der Waals surface area (Å²) in [5.41, 5.74) is 0.511. The first kappa shape index (κ1) is 18.7. The lowest BCUT2D eigenvalue weighted by atomic mass is 10.1. The van der Waals surface area contributed by atoms with Crippen LogP contribution in [0.5, 0.6) is 0 Å².